The number of urea groups is 1. The smallest absolute Gasteiger partial charge is 0.318 e. The number of aromatic nitrogens is 1. The van der Waals surface area contributed by atoms with Gasteiger partial charge in [0, 0.05) is 18.8 Å². The van der Waals surface area contributed by atoms with Crippen molar-refractivity contribution in [2.75, 3.05) is 12.4 Å². The van der Waals surface area contributed by atoms with Gasteiger partial charge in [0.1, 0.15) is 0 Å². The van der Waals surface area contributed by atoms with Crippen LogP contribution in [0.3, 0.4) is 0 Å². The molecule has 2 N–H and O–H groups in total. The van der Waals surface area contributed by atoms with Crippen molar-refractivity contribution in [3.05, 3.63) is 47.3 Å². The normalized spacial score (nSPS) is 16.3. The Hall–Kier alpha value is -2.83. The molecule has 0 saturated carbocycles. The zero-order valence-electron chi connectivity index (χ0n) is 14.6. The van der Waals surface area contributed by atoms with Gasteiger partial charge >= 0.3 is 6.03 Å². The van der Waals surface area contributed by atoms with Crippen LogP contribution in [0.5, 0.6) is 0 Å². The van der Waals surface area contributed by atoms with Crippen LogP contribution in [0.25, 0.3) is 0 Å². The van der Waals surface area contributed by atoms with Gasteiger partial charge in [-0.15, -0.1) is 0 Å². The van der Waals surface area contributed by atoms with Crippen LogP contribution in [0.15, 0.2) is 34.9 Å². The molecule has 2 aromatic rings. The van der Waals surface area contributed by atoms with E-state index in [9.17, 15) is 9.59 Å². The van der Waals surface area contributed by atoms with Crippen LogP contribution in [0.1, 0.15) is 49.2 Å². The van der Waals surface area contributed by atoms with Gasteiger partial charge in [0.05, 0.1) is 24.7 Å². The van der Waals surface area contributed by atoms with Crippen LogP contribution in [0.2, 0.25) is 0 Å². The minimum Gasteiger partial charge on any atom is -0.359 e. The Morgan fingerprint density at radius 2 is 2.20 bits per heavy atom. The third-order valence-electron chi connectivity index (χ3n) is 4.21. The molecule has 3 amide bonds. The number of anilines is 1. The van der Waals surface area contributed by atoms with Crippen molar-refractivity contribution >= 4 is 17.6 Å². The number of carbonyl (C=O) groups excluding carboxylic acids is 2. The number of benzene rings is 1. The number of rotatable bonds is 4. The molecule has 1 aliphatic rings. The summed E-state index contributed by atoms with van der Waals surface area (Å²) < 4.78 is 5.27. The van der Waals surface area contributed by atoms with Gasteiger partial charge in [-0.3, -0.25) is 4.79 Å². The lowest BCUT2D eigenvalue weighted by Gasteiger charge is -2.28. The van der Waals surface area contributed by atoms with Crippen molar-refractivity contribution in [3.8, 4) is 0 Å². The molecule has 0 bridgehead atoms. The molecule has 1 unspecified atom stereocenters. The summed E-state index contributed by atoms with van der Waals surface area (Å²) in [6.07, 6.45) is 0.219. The second kappa shape index (κ2) is 6.96. The standard InChI is InChI=1S/C18H22N4O3/c1-11(2)15-8-12(25-21-15)10-22(3)18(24)20-16-9-17(23)19-14-7-5-4-6-13(14)16/h4-8,11,16H,9-10H2,1-3H3,(H,19,23)(H,20,24). The number of hydrogen-bond acceptors (Lipinski definition) is 4. The van der Waals surface area contributed by atoms with Gasteiger partial charge in [-0.25, -0.2) is 4.79 Å². The maximum absolute atomic E-state index is 12.5. The van der Waals surface area contributed by atoms with Gasteiger partial charge in [-0.1, -0.05) is 37.2 Å². The Labute approximate surface area is 146 Å². The molecule has 0 aliphatic carbocycles. The number of amides is 3. The van der Waals surface area contributed by atoms with Crippen molar-refractivity contribution in [3.63, 3.8) is 0 Å². The van der Waals surface area contributed by atoms with E-state index >= 15 is 0 Å². The van der Waals surface area contributed by atoms with Crippen molar-refractivity contribution in [2.45, 2.75) is 38.8 Å². The molecule has 25 heavy (non-hydrogen) atoms. The van der Waals surface area contributed by atoms with Gasteiger partial charge < -0.3 is 20.1 Å². The van der Waals surface area contributed by atoms with Gasteiger partial charge in [0.15, 0.2) is 5.76 Å². The van der Waals surface area contributed by atoms with Crippen LogP contribution in [0.4, 0.5) is 10.5 Å². The number of para-hydroxylation sites is 1. The first-order valence-electron chi connectivity index (χ1n) is 8.30. The predicted octanol–water partition coefficient (Wildman–Crippen LogP) is 3.02. The summed E-state index contributed by atoms with van der Waals surface area (Å²) in [6.45, 7) is 4.37. The van der Waals surface area contributed by atoms with Crippen LogP contribution < -0.4 is 10.6 Å². The molecule has 132 valence electrons. The average molecular weight is 342 g/mol. The van der Waals surface area contributed by atoms with Crippen molar-refractivity contribution in [1.82, 2.24) is 15.4 Å². The topological polar surface area (TPSA) is 87.5 Å². The monoisotopic (exact) mass is 342 g/mol. The first-order valence-corrected chi connectivity index (χ1v) is 8.30. The lowest BCUT2D eigenvalue weighted by atomic mass is 9.97. The molecule has 1 aromatic heterocycles. The fourth-order valence-electron chi connectivity index (χ4n) is 2.78. The van der Waals surface area contributed by atoms with E-state index in [2.05, 4.69) is 15.8 Å². The Bertz CT molecular complexity index is 784. The zero-order chi connectivity index (χ0) is 18.0. The molecule has 1 aliphatic heterocycles. The predicted molar refractivity (Wildman–Crippen MR) is 93.0 cm³/mol. The van der Waals surface area contributed by atoms with E-state index < -0.39 is 0 Å². The third kappa shape index (κ3) is 3.81. The summed E-state index contributed by atoms with van der Waals surface area (Å²) in [7, 11) is 1.68. The molecule has 2 heterocycles. The summed E-state index contributed by atoms with van der Waals surface area (Å²) in [5.41, 5.74) is 2.51. The SMILES string of the molecule is CC(C)c1cc(CN(C)C(=O)NC2CC(=O)Nc3ccccc32)on1. The summed E-state index contributed by atoms with van der Waals surface area (Å²) >= 11 is 0. The highest BCUT2D eigenvalue weighted by Crippen LogP contribution is 2.30. The molecule has 1 aromatic carbocycles. The number of fused-ring (bicyclic) bond motifs is 1. The van der Waals surface area contributed by atoms with E-state index in [0.29, 0.717) is 12.3 Å². The lowest BCUT2D eigenvalue weighted by Crippen LogP contribution is -2.41. The van der Waals surface area contributed by atoms with Crippen molar-refractivity contribution < 1.29 is 14.1 Å². The number of hydrogen-bond donors (Lipinski definition) is 2. The van der Waals surface area contributed by atoms with Gasteiger partial charge in [0.2, 0.25) is 5.91 Å². The van der Waals surface area contributed by atoms with E-state index in [1.165, 1.54) is 4.90 Å². The molecule has 0 saturated heterocycles. The molecular formula is C18H22N4O3. The highest BCUT2D eigenvalue weighted by atomic mass is 16.5. The molecule has 0 radical (unpaired) electrons. The van der Waals surface area contributed by atoms with Gasteiger partial charge in [-0.2, -0.15) is 0 Å². The Morgan fingerprint density at radius 1 is 1.44 bits per heavy atom. The van der Waals surface area contributed by atoms with Crippen molar-refractivity contribution in [2.24, 2.45) is 0 Å². The molecular weight excluding hydrogens is 320 g/mol. The highest BCUT2D eigenvalue weighted by Gasteiger charge is 2.27. The van der Waals surface area contributed by atoms with E-state index in [1.807, 2.05) is 44.2 Å². The molecule has 7 nitrogen and oxygen atoms in total. The van der Waals surface area contributed by atoms with E-state index in [1.54, 1.807) is 7.05 Å². The second-order valence-electron chi connectivity index (χ2n) is 6.57. The van der Waals surface area contributed by atoms with Gasteiger partial charge in [0.25, 0.3) is 0 Å². The summed E-state index contributed by atoms with van der Waals surface area (Å²) in [6, 6.07) is 8.73. The average Bonchev–Trinajstić information content (AvgIpc) is 3.03. The maximum Gasteiger partial charge on any atom is 0.318 e. The largest absolute Gasteiger partial charge is 0.359 e. The quantitative estimate of drug-likeness (QED) is 0.894. The second-order valence-corrected chi connectivity index (χ2v) is 6.57. The number of carbonyl (C=O) groups is 2. The number of nitrogens with one attached hydrogen (secondary N) is 2. The summed E-state index contributed by atoms with van der Waals surface area (Å²) in [5.74, 6) is 0.792. The lowest BCUT2D eigenvalue weighted by molar-refractivity contribution is -0.116. The zero-order valence-corrected chi connectivity index (χ0v) is 14.6. The molecule has 7 heteroatoms. The molecule has 1 atom stereocenters. The summed E-state index contributed by atoms with van der Waals surface area (Å²) in [4.78, 5) is 25.9. The fraction of sp³-hybridized carbons (Fsp3) is 0.389. The van der Waals surface area contributed by atoms with Crippen molar-refractivity contribution in [1.29, 1.82) is 0 Å². The molecule has 0 fully saturated rings. The van der Waals surface area contributed by atoms with Crippen LogP contribution in [-0.2, 0) is 11.3 Å². The maximum atomic E-state index is 12.5. The van der Waals surface area contributed by atoms with E-state index in [-0.39, 0.29) is 30.3 Å². The van der Waals surface area contributed by atoms with Crippen LogP contribution >= 0.6 is 0 Å². The Balaban J connectivity index is 1.66. The fourth-order valence-corrected chi connectivity index (χ4v) is 2.78. The van der Waals surface area contributed by atoms with Gasteiger partial charge in [-0.05, 0) is 17.5 Å². The third-order valence-corrected chi connectivity index (χ3v) is 4.21. The minimum atomic E-state index is -0.346. The highest BCUT2D eigenvalue weighted by molar-refractivity contribution is 5.95. The first-order chi connectivity index (χ1) is 11.9. The Morgan fingerprint density at radius 3 is 2.92 bits per heavy atom. The van der Waals surface area contributed by atoms with Crippen LogP contribution in [0, 0.1) is 0 Å². The Kier molecular flexibility index (Phi) is 4.74. The van der Waals surface area contributed by atoms with E-state index in [4.69, 9.17) is 4.52 Å². The molecule has 3 rings (SSSR count). The summed E-state index contributed by atoms with van der Waals surface area (Å²) in [5, 5.41) is 9.73. The first kappa shape index (κ1) is 17.0. The van der Waals surface area contributed by atoms with E-state index in [0.717, 1.165) is 16.9 Å². The van der Waals surface area contributed by atoms with Crippen LogP contribution in [-0.4, -0.2) is 29.0 Å². The number of nitrogens with zero attached hydrogens (tertiary/aromatic N) is 2. The minimum absolute atomic E-state index is 0.108. The molecule has 0 spiro atoms.